The highest BCUT2D eigenvalue weighted by Gasteiger charge is 2.24. The highest BCUT2D eigenvalue weighted by atomic mass is 16.2. The summed E-state index contributed by atoms with van der Waals surface area (Å²) in [6.07, 6.45) is 3.41. The quantitative estimate of drug-likeness (QED) is 0.863. The van der Waals surface area contributed by atoms with Crippen molar-refractivity contribution in [3.63, 3.8) is 0 Å². The van der Waals surface area contributed by atoms with Crippen molar-refractivity contribution in [2.24, 2.45) is 13.0 Å². The highest BCUT2D eigenvalue weighted by molar-refractivity contribution is 5.76. The van der Waals surface area contributed by atoms with Crippen LogP contribution in [0, 0.1) is 5.92 Å². The molecule has 1 aliphatic heterocycles. The fourth-order valence-corrected chi connectivity index (χ4v) is 3.43. The fraction of sp³-hybridized carbons (Fsp3) is 0.500. The lowest BCUT2D eigenvalue weighted by Crippen LogP contribution is -2.33. The number of aromatic nitrogens is 2. The molecule has 0 fully saturated rings. The van der Waals surface area contributed by atoms with Crippen molar-refractivity contribution in [2.75, 3.05) is 13.1 Å². The Kier molecular flexibility index (Phi) is 5.03. The van der Waals surface area contributed by atoms with E-state index in [1.54, 1.807) is 0 Å². The van der Waals surface area contributed by atoms with Gasteiger partial charge in [-0.15, -0.1) is 0 Å². The predicted molar refractivity (Wildman–Crippen MR) is 96.7 cm³/mol. The van der Waals surface area contributed by atoms with Gasteiger partial charge in [-0.1, -0.05) is 44.2 Å². The number of aryl methyl sites for hydroxylation is 1. The molecule has 0 radical (unpaired) electrons. The summed E-state index contributed by atoms with van der Waals surface area (Å²) in [6, 6.07) is 10.3. The molecule has 4 nitrogen and oxygen atoms in total. The van der Waals surface area contributed by atoms with E-state index < -0.39 is 0 Å². The van der Waals surface area contributed by atoms with E-state index in [2.05, 4.69) is 38.1 Å². The van der Waals surface area contributed by atoms with Gasteiger partial charge in [-0.05, 0) is 18.8 Å². The summed E-state index contributed by atoms with van der Waals surface area (Å²) < 4.78 is 2.00. The Balaban J connectivity index is 1.78. The van der Waals surface area contributed by atoms with E-state index >= 15 is 0 Å². The van der Waals surface area contributed by atoms with E-state index in [1.165, 1.54) is 11.3 Å². The lowest BCUT2D eigenvalue weighted by molar-refractivity contribution is -0.131. The van der Waals surface area contributed by atoms with Gasteiger partial charge in [0, 0.05) is 49.8 Å². The number of hydrogen-bond donors (Lipinski definition) is 0. The van der Waals surface area contributed by atoms with E-state index in [-0.39, 0.29) is 0 Å². The third kappa shape index (κ3) is 3.53. The maximum atomic E-state index is 12.5. The number of hydrogen-bond acceptors (Lipinski definition) is 2. The minimum atomic E-state index is 0.297. The largest absolute Gasteiger partial charge is 0.342 e. The van der Waals surface area contributed by atoms with Gasteiger partial charge in [0.1, 0.15) is 0 Å². The Hall–Kier alpha value is -2.10. The third-order valence-electron chi connectivity index (χ3n) is 4.86. The second-order valence-electron chi connectivity index (χ2n) is 7.08. The Morgan fingerprint density at radius 3 is 2.58 bits per heavy atom. The summed E-state index contributed by atoms with van der Waals surface area (Å²) in [6.45, 7) is 5.94. The summed E-state index contributed by atoms with van der Waals surface area (Å²) in [5.74, 6) is 0.873. The van der Waals surface area contributed by atoms with Crippen LogP contribution >= 0.6 is 0 Å². The van der Waals surface area contributed by atoms with Gasteiger partial charge < -0.3 is 4.90 Å². The molecule has 0 saturated heterocycles. The molecule has 3 rings (SSSR count). The molecule has 0 spiro atoms. The summed E-state index contributed by atoms with van der Waals surface area (Å²) in [5, 5.41) is 4.75. The van der Waals surface area contributed by atoms with Crippen molar-refractivity contribution < 1.29 is 4.79 Å². The molecule has 0 saturated carbocycles. The van der Waals surface area contributed by atoms with Gasteiger partial charge in [0.25, 0.3) is 0 Å². The van der Waals surface area contributed by atoms with Crippen LogP contribution in [0.25, 0.3) is 11.3 Å². The van der Waals surface area contributed by atoms with Gasteiger partial charge in [-0.3, -0.25) is 9.48 Å². The smallest absolute Gasteiger partial charge is 0.222 e. The normalized spacial score (nSPS) is 14.6. The number of amides is 1. The summed E-state index contributed by atoms with van der Waals surface area (Å²) in [5.41, 5.74) is 4.81. The van der Waals surface area contributed by atoms with Crippen LogP contribution in [0.5, 0.6) is 0 Å². The Morgan fingerprint density at radius 1 is 1.17 bits per heavy atom. The first-order valence-corrected chi connectivity index (χ1v) is 8.94. The minimum absolute atomic E-state index is 0.297. The van der Waals surface area contributed by atoms with Gasteiger partial charge in [-0.25, -0.2) is 0 Å². The lowest BCUT2D eigenvalue weighted by atomic mass is 10.0. The first kappa shape index (κ1) is 16.7. The third-order valence-corrected chi connectivity index (χ3v) is 4.86. The molecule has 1 amide bonds. The second-order valence-corrected chi connectivity index (χ2v) is 7.08. The molecule has 0 unspecified atom stereocenters. The van der Waals surface area contributed by atoms with Crippen LogP contribution in [-0.2, 0) is 24.7 Å². The number of carbonyl (C=O) groups excluding carboxylic acids is 1. The van der Waals surface area contributed by atoms with Gasteiger partial charge in [0.05, 0.1) is 5.69 Å². The van der Waals surface area contributed by atoms with Crippen molar-refractivity contribution in [1.29, 1.82) is 0 Å². The van der Waals surface area contributed by atoms with E-state index in [4.69, 9.17) is 5.10 Å². The molecule has 1 aliphatic rings. The zero-order valence-corrected chi connectivity index (χ0v) is 15.0. The first-order valence-electron chi connectivity index (χ1n) is 8.94. The number of benzene rings is 1. The number of rotatable bonds is 4. The second kappa shape index (κ2) is 7.20. The summed E-state index contributed by atoms with van der Waals surface area (Å²) in [4.78, 5) is 14.5. The fourth-order valence-electron chi connectivity index (χ4n) is 3.43. The maximum Gasteiger partial charge on any atom is 0.222 e. The molecular weight excluding hydrogens is 298 g/mol. The number of nitrogens with zero attached hydrogens (tertiary/aromatic N) is 3. The molecule has 1 aromatic heterocycles. The van der Waals surface area contributed by atoms with Crippen LogP contribution in [0.3, 0.4) is 0 Å². The Labute approximate surface area is 144 Å². The average Bonchev–Trinajstić information content (AvgIpc) is 2.76. The lowest BCUT2D eigenvalue weighted by Gasteiger charge is -2.21. The summed E-state index contributed by atoms with van der Waals surface area (Å²) >= 11 is 0. The zero-order valence-electron chi connectivity index (χ0n) is 15.0. The predicted octanol–water partition coefficient (Wildman–Crippen LogP) is 3.45. The molecule has 1 aromatic carbocycles. The molecule has 0 atom stereocenters. The molecule has 0 N–H and O–H groups in total. The van der Waals surface area contributed by atoms with Crippen LogP contribution in [0.2, 0.25) is 0 Å². The molecular formula is C20H27N3O. The summed E-state index contributed by atoms with van der Waals surface area (Å²) in [7, 11) is 2.02. The molecule has 0 aliphatic carbocycles. The monoisotopic (exact) mass is 325 g/mol. The van der Waals surface area contributed by atoms with Gasteiger partial charge in [0.2, 0.25) is 5.91 Å². The van der Waals surface area contributed by atoms with Crippen LogP contribution in [0.4, 0.5) is 0 Å². The minimum Gasteiger partial charge on any atom is -0.342 e. The molecule has 24 heavy (non-hydrogen) atoms. The molecule has 2 aromatic rings. The molecule has 128 valence electrons. The number of fused-ring (bicyclic) bond motifs is 1. The standard InChI is InChI=1S/C20H27N3O/c1-15(2)9-10-19(24)23-13-11-17-18(12-14-23)22(3)21-20(17)16-7-5-4-6-8-16/h4-8,15H,9-14H2,1-3H3. The molecule has 2 heterocycles. The van der Waals surface area contributed by atoms with Crippen LogP contribution in [-0.4, -0.2) is 33.7 Å². The van der Waals surface area contributed by atoms with Crippen molar-refractivity contribution in [3.05, 3.63) is 41.6 Å². The Bertz CT molecular complexity index is 703. The van der Waals surface area contributed by atoms with Crippen LogP contribution in [0.1, 0.15) is 37.9 Å². The first-order chi connectivity index (χ1) is 11.6. The maximum absolute atomic E-state index is 12.5. The van der Waals surface area contributed by atoms with Gasteiger partial charge >= 0.3 is 0 Å². The SMILES string of the molecule is CC(C)CCC(=O)N1CCc2c(-c3ccccc3)nn(C)c2CC1. The van der Waals surface area contributed by atoms with Gasteiger partial charge in [0.15, 0.2) is 0 Å². The van der Waals surface area contributed by atoms with Gasteiger partial charge in [-0.2, -0.15) is 5.10 Å². The highest BCUT2D eigenvalue weighted by Crippen LogP contribution is 2.28. The number of carbonyl (C=O) groups is 1. The average molecular weight is 325 g/mol. The molecule has 0 bridgehead atoms. The Morgan fingerprint density at radius 2 is 1.88 bits per heavy atom. The van der Waals surface area contributed by atoms with Crippen molar-refractivity contribution in [3.8, 4) is 11.3 Å². The van der Waals surface area contributed by atoms with E-state index in [0.717, 1.165) is 43.6 Å². The van der Waals surface area contributed by atoms with E-state index in [9.17, 15) is 4.79 Å². The zero-order chi connectivity index (χ0) is 17.1. The molecule has 4 heteroatoms. The van der Waals surface area contributed by atoms with E-state index in [0.29, 0.717) is 18.2 Å². The van der Waals surface area contributed by atoms with Crippen LogP contribution < -0.4 is 0 Å². The van der Waals surface area contributed by atoms with Crippen molar-refractivity contribution in [1.82, 2.24) is 14.7 Å². The topological polar surface area (TPSA) is 38.1 Å². The van der Waals surface area contributed by atoms with Crippen LogP contribution in [0.15, 0.2) is 30.3 Å². The van der Waals surface area contributed by atoms with E-state index in [1.807, 2.05) is 22.7 Å². The van der Waals surface area contributed by atoms with Crippen molar-refractivity contribution >= 4 is 5.91 Å². The van der Waals surface area contributed by atoms with Crippen molar-refractivity contribution in [2.45, 2.75) is 39.5 Å².